The van der Waals surface area contributed by atoms with Gasteiger partial charge in [0.2, 0.25) is 0 Å². The first-order chi connectivity index (χ1) is 6.17. The van der Waals surface area contributed by atoms with Gasteiger partial charge in [-0.1, -0.05) is 25.8 Å². The first-order valence-electron chi connectivity index (χ1n) is 5.08. The average Bonchev–Trinajstić information content (AvgIpc) is 2.08. The van der Waals surface area contributed by atoms with Crippen LogP contribution in [0.4, 0.5) is 0 Å². The molecule has 1 aliphatic rings. The molecule has 0 aromatic heterocycles. The number of sulfone groups is 1. The minimum absolute atomic E-state index is 0.366. The Hall–Kier alpha value is -0.310. The van der Waals surface area contributed by atoms with E-state index in [4.69, 9.17) is 0 Å². The molecule has 0 saturated carbocycles. The Morgan fingerprint density at radius 1 is 1.38 bits per heavy atom. The van der Waals surface area contributed by atoms with Gasteiger partial charge in [0.15, 0.2) is 9.84 Å². The van der Waals surface area contributed by atoms with Crippen molar-refractivity contribution in [1.29, 1.82) is 0 Å². The standard InChI is InChI=1S/C10H18O2S/c1-2-3-4-7-10-8-5-6-9-13(10,11)12/h8H,2-7,9H2,1H3. The molecule has 0 N–H and O–H groups in total. The van der Waals surface area contributed by atoms with Crippen LogP contribution in [0.2, 0.25) is 0 Å². The van der Waals surface area contributed by atoms with Gasteiger partial charge in [-0.3, -0.25) is 0 Å². The Labute approximate surface area is 81.0 Å². The summed E-state index contributed by atoms with van der Waals surface area (Å²) in [5, 5.41) is 0. The Bertz CT molecular complexity index is 275. The average molecular weight is 202 g/mol. The largest absolute Gasteiger partial charge is 0.224 e. The summed E-state index contributed by atoms with van der Waals surface area (Å²) in [6, 6.07) is 0. The van der Waals surface area contributed by atoms with Gasteiger partial charge in [0.1, 0.15) is 0 Å². The van der Waals surface area contributed by atoms with Crippen LogP contribution in [0.25, 0.3) is 0 Å². The molecule has 1 heterocycles. The highest BCUT2D eigenvalue weighted by molar-refractivity contribution is 7.95. The second-order valence-electron chi connectivity index (χ2n) is 3.59. The molecule has 1 rings (SSSR count). The zero-order valence-electron chi connectivity index (χ0n) is 8.25. The van der Waals surface area contributed by atoms with Crippen LogP contribution in [0.1, 0.15) is 45.4 Å². The maximum absolute atomic E-state index is 11.5. The third-order valence-corrected chi connectivity index (χ3v) is 4.41. The third kappa shape index (κ3) is 3.14. The van der Waals surface area contributed by atoms with Gasteiger partial charge in [-0.05, 0) is 25.7 Å². The van der Waals surface area contributed by atoms with Crippen LogP contribution in [0.5, 0.6) is 0 Å². The van der Waals surface area contributed by atoms with E-state index in [-0.39, 0.29) is 0 Å². The highest BCUT2D eigenvalue weighted by atomic mass is 32.2. The minimum Gasteiger partial charge on any atom is -0.224 e. The second-order valence-corrected chi connectivity index (χ2v) is 5.75. The van der Waals surface area contributed by atoms with E-state index < -0.39 is 9.84 Å². The quantitative estimate of drug-likeness (QED) is 0.657. The van der Waals surface area contributed by atoms with Gasteiger partial charge < -0.3 is 0 Å². The lowest BCUT2D eigenvalue weighted by atomic mass is 10.2. The van der Waals surface area contributed by atoms with Crippen LogP contribution in [0.15, 0.2) is 11.0 Å². The minimum atomic E-state index is -2.84. The van der Waals surface area contributed by atoms with E-state index >= 15 is 0 Å². The van der Waals surface area contributed by atoms with Crippen molar-refractivity contribution in [1.82, 2.24) is 0 Å². The normalized spacial score (nSPS) is 21.2. The molecule has 76 valence electrons. The molecule has 0 bridgehead atoms. The molecular formula is C10H18O2S. The van der Waals surface area contributed by atoms with Crippen molar-refractivity contribution in [3.8, 4) is 0 Å². The number of hydrogen-bond acceptors (Lipinski definition) is 2. The van der Waals surface area contributed by atoms with Crippen molar-refractivity contribution in [2.45, 2.75) is 45.4 Å². The fraction of sp³-hybridized carbons (Fsp3) is 0.800. The van der Waals surface area contributed by atoms with Gasteiger partial charge in [-0.15, -0.1) is 0 Å². The molecule has 0 atom stereocenters. The Morgan fingerprint density at radius 2 is 2.15 bits per heavy atom. The Balaban J connectivity index is 2.52. The van der Waals surface area contributed by atoms with Crippen LogP contribution in [-0.2, 0) is 9.84 Å². The van der Waals surface area contributed by atoms with E-state index in [9.17, 15) is 8.42 Å². The van der Waals surface area contributed by atoms with Crippen LogP contribution in [-0.4, -0.2) is 14.2 Å². The molecule has 0 saturated heterocycles. The van der Waals surface area contributed by atoms with Crippen molar-refractivity contribution in [2.24, 2.45) is 0 Å². The zero-order chi connectivity index (χ0) is 9.73. The molecule has 2 nitrogen and oxygen atoms in total. The van der Waals surface area contributed by atoms with Crippen molar-refractivity contribution in [2.75, 3.05) is 5.75 Å². The van der Waals surface area contributed by atoms with E-state index in [0.29, 0.717) is 10.7 Å². The first kappa shape index (κ1) is 10.8. The van der Waals surface area contributed by atoms with Gasteiger partial charge in [-0.2, -0.15) is 0 Å². The summed E-state index contributed by atoms with van der Waals surface area (Å²) in [4.78, 5) is 0.701. The van der Waals surface area contributed by atoms with Crippen LogP contribution in [0, 0.1) is 0 Å². The summed E-state index contributed by atoms with van der Waals surface area (Å²) in [7, 11) is -2.84. The molecule has 0 aromatic carbocycles. The number of unbranched alkanes of at least 4 members (excludes halogenated alkanes) is 2. The molecule has 0 aliphatic carbocycles. The fourth-order valence-corrected chi connectivity index (χ4v) is 3.24. The third-order valence-electron chi connectivity index (χ3n) is 2.42. The second kappa shape index (κ2) is 4.80. The van der Waals surface area contributed by atoms with Gasteiger partial charge in [0.05, 0.1) is 5.75 Å². The first-order valence-corrected chi connectivity index (χ1v) is 6.74. The maximum atomic E-state index is 11.5. The van der Waals surface area contributed by atoms with Crippen molar-refractivity contribution in [3.63, 3.8) is 0 Å². The predicted molar refractivity (Wildman–Crippen MR) is 55.2 cm³/mol. The SMILES string of the molecule is CCCCCC1=CCCCS1(=O)=O. The Morgan fingerprint density at radius 3 is 2.77 bits per heavy atom. The lowest BCUT2D eigenvalue weighted by molar-refractivity contribution is 0.591. The van der Waals surface area contributed by atoms with Gasteiger partial charge in [0.25, 0.3) is 0 Å². The molecular weight excluding hydrogens is 184 g/mol. The molecule has 0 fully saturated rings. The van der Waals surface area contributed by atoms with Crippen LogP contribution >= 0.6 is 0 Å². The topological polar surface area (TPSA) is 34.1 Å². The summed E-state index contributed by atoms with van der Waals surface area (Å²) >= 11 is 0. The Kier molecular flexibility index (Phi) is 3.97. The molecule has 3 heteroatoms. The van der Waals surface area contributed by atoms with Crippen molar-refractivity contribution in [3.05, 3.63) is 11.0 Å². The summed E-state index contributed by atoms with van der Waals surface area (Å²) in [5.74, 6) is 0.366. The molecule has 0 unspecified atom stereocenters. The fourth-order valence-electron chi connectivity index (χ4n) is 1.60. The zero-order valence-corrected chi connectivity index (χ0v) is 9.07. The molecule has 13 heavy (non-hydrogen) atoms. The predicted octanol–water partition coefficient (Wildman–Crippen LogP) is 2.66. The smallest absolute Gasteiger partial charge is 0.174 e. The van der Waals surface area contributed by atoms with E-state index in [1.54, 1.807) is 0 Å². The monoisotopic (exact) mass is 202 g/mol. The molecule has 0 radical (unpaired) electrons. The number of rotatable bonds is 4. The molecule has 1 aliphatic heterocycles. The van der Waals surface area contributed by atoms with Gasteiger partial charge >= 0.3 is 0 Å². The van der Waals surface area contributed by atoms with Crippen molar-refractivity contribution >= 4 is 9.84 Å². The van der Waals surface area contributed by atoms with Gasteiger partial charge in [0, 0.05) is 4.91 Å². The highest BCUT2D eigenvalue weighted by Gasteiger charge is 2.19. The molecule has 0 amide bonds. The van der Waals surface area contributed by atoms with Crippen molar-refractivity contribution < 1.29 is 8.42 Å². The van der Waals surface area contributed by atoms with Gasteiger partial charge in [-0.25, -0.2) is 8.42 Å². The summed E-state index contributed by atoms with van der Waals surface area (Å²) in [6.45, 7) is 2.13. The van der Waals surface area contributed by atoms with Crippen LogP contribution < -0.4 is 0 Å². The van der Waals surface area contributed by atoms with E-state index in [0.717, 1.165) is 38.5 Å². The maximum Gasteiger partial charge on any atom is 0.174 e. The van der Waals surface area contributed by atoms with E-state index in [1.165, 1.54) is 0 Å². The molecule has 0 spiro atoms. The lowest BCUT2D eigenvalue weighted by Gasteiger charge is -2.13. The number of allylic oxidation sites excluding steroid dienone is 2. The van der Waals surface area contributed by atoms with E-state index in [1.807, 2.05) is 6.08 Å². The number of hydrogen-bond donors (Lipinski definition) is 0. The molecule has 0 aromatic rings. The summed E-state index contributed by atoms with van der Waals surface area (Å²) in [5.41, 5.74) is 0. The van der Waals surface area contributed by atoms with E-state index in [2.05, 4.69) is 6.92 Å². The summed E-state index contributed by atoms with van der Waals surface area (Å²) in [6.07, 6.45) is 7.71. The highest BCUT2D eigenvalue weighted by Crippen LogP contribution is 2.22. The lowest BCUT2D eigenvalue weighted by Crippen LogP contribution is -2.13. The van der Waals surface area contributed by atoms with Crippen LogP contribution in [0.3, 0.4) is 0 Å². The summed E-state index contributed by atoms with van der Waals surface area (Å²) < 4.78 is 23.0.